The lowest BCUT2D eigenvalue weighted by Crippen LogP contribution is -2.32. The fourth-order valence-corrected chi connectivity index (χ4v) is 1.71. The molecular weight excluding hydrogens is 276 g/mol. The second kappa shape index (κ2) is 7.75. The molecule has 1 aromatic rings. The lowest BCUT2D eigenvalue weighted by Gasteiger charge is -2.23. The fraction of sp³-hybridized carbons (Fsp3) is 0.467. The zero-order valence-corrected chi connectivity index (χ0v) is 12.4. The lowest BCUT2D eigenvalue weighted by molar-refractivity contribution is -0.327. The van der Waals surface area contributed by atoms with E-state index in [1.807, 2.05) is 6.07 Å². The van der Waals surface area contributed by atoms with Crippen LogP contribution in [0.5, 0.6) is 0 Å². The Morgan fingerprint density at radius 3 is 2.38 bits per heavy atom. The molecule has 0 aliphatic heterocycles. The first kappa shape index (κ1) is 17.1. The van der Waals surface area contributed by atoms with Gasteiger partial charge in [-0.15, -0.1) is 0 Å². The number of hydrogen-bond acceptors (Lipinski definition) is 6. The summed E-state index contributed by atoms with van der Waals surface area (Å²) in [5, 5.41) is 9.26. The van der Waals surface area contributed by atoms with E-state index < -0.39 is 23.6 Å². The quantitative estimate of drug-likeness (QED) is 0.373. The number of esters is 1. The number of aliphatic hydroxyl groups excluding tert-OH is 1. The van der Waals surface area contributed by atoms with Gasteiger partial charge in [-0.2, -0.15) is 4.89 Å². The Hall–Kier alpha value is -1.92. The van der Waals surface area contributed by atoms with Crippen LogP contribution in [0.2, 0.25) is 0 Å². The zero-order valence-electron chi connectivity index (χ0n) is 12.4. The summed E-state index contributed by atoms with van der Waals surface area (Å²) in [5.74, 6) is -2.36. The molecule has 0 aromatic heterocycles. The molecule has 6 heteroatoms. The molecule has 0 fully saturated rings. The van der Waals surface area contributed by atoms with Crippen LogP contribution >= 0.6 is 0 Å². The van der Waals surface area contributed by atoms with Gasteiger partial charge in [0.05, 0.1) is 6.10 Å². The van der Waals surface area contributed by atoms with Crippen molar-refractivity contribution in [2.75, 3.05) is 0 Å². The molecule has 1 unspecified atom stereocenters. The molecule has 0 spiro atoms. The van der Waals surface area contributed by atoms with E-state index >= 15 is 0 Å². The van der Waals surface area contributed by atoms with Crippen molar-refractivity contribution in [1.82, 2.24) is 0 Å². The van der Waals surface area contributed by atoms with Gasteiger partial charge in [0.2, 0.25) is 0 Å². The summed E-state index contributed by atoms with van der Waals surface area (Å²) >= 11 is 0. The van der Waals surface area contributed by atoms with Crippen LogP contribution < -0.4 is 0 Å². The highest BCUT2D eigenvalue weighted by atomic mass is 17.2. The normalized spacial score (nSPS) is 12.6. The van der Waals surface area contributed by atoms with Crippen molar-refractivity contribution in [2.45, 2.75) is 45.5 Å². The molecule has 0 aliphatic rings. The second-order valence-corrected chi connectivity index (χ2v) is 5.33. The smallest absolute Gasteiger partial charge is 0.449 e. The molecule has 0 amide bonds. The van der Waals surface area contributed by atoms with Gasteiger partial charge in [0.1, 0.15) is 12.2 Å². The van der Waals surface area contributed by atoms with Crippen molar-refractivity contribution in [1.29, 1.82) is 0 Å². The van der Waals surface area contributed by atoms with Crippen molar-refractivity contribution in [2.24, 2.45) is 0 Å². The predicted octanol–water partition coefficient (Wildman–Crippen LogP) is 1.75. The number of benzene rings is 1. The molecule has 21 heavy (non-hydrogen) atoms. The van der Waals surface area contributed by atoms with Crippen molar-refractivity contribution in [3.05, 3.63) is 35.9 Å². The van der Waals surface area contributed by atoms with Crippen LogP contribution in [0, 0.1) is 0 Å². The van der Waals surface area contributed by atoms with Gasteiger partial charge in [-0.25, -0.2) is 9.59 Å². The number of ether oxygens (including phenoxy) is 1. The van der Waals surface area contributed by atoms with E-state index in [9.17, 15) is 14.7 Å². The number of carbonyl (C=O) groups excluding carboxylic acids is 2. The third-order valence-electron chi connectivity index (χ3n) is 2.51. The predicted molar refractivity (Wildman–Crippen MR) is 73.8 cm³/mol. The minimum absolute atomic E-state index is 0.0220. The highest BCUT2D eigenvalue weighted by Gasteiger charge is 2.27. The van der Waals surface area contributed by atoms with Gasteiger partial charge in [0.25, 0.3) is 0 Å². The molecule has 6 nitrogen and oxygen atoms in total. The molecule has 1 atom stereocenters. The topological polar surface area (TPSA) is 82.1 Å². The molecule has 0 saturated carbocycles. The van der Waals surface area contributed by atoms with E-state index in [1.54, 1.807) is 45.0 Å². The third-order valence-corrected chi connectivity index (χ3v) is 2.51. The maximum absolute atomic E-state index is 11.4. The molecule has 0 bridgehead atoms. The van der Waals surface area contributed by atoms with Gasteiger partial charge >= 0.3 is 11.9 Å². The number of hydrogen-bond donors (Lipinski definition) is 1. The Morgan fingerprint density at radius 2 is 1.81 bits per heavy atom. The van der Waals surface area contributed by atoms with Crippen LogP contribution in [0.4, 0.5) is 0 Å². The first-order chi connectivity index (χ1) is 9.80. The summed E-state index contributed by atoms with van der Waals surface area (Å²) in [6, 6.07) is 8.95. The highest BCUT2D eigenvalue weighted by Crippen LogP contribution is 2.17. The van der Waals surface area contributed by atoms with Crippen molar-refractivity contribution in [3.63, 3.8) is 0 Å². The van der Waals surface area contributed by atoms with Crippen molar-refractivity contribution >= 4 is 11.9 Å². The molecule has 0 radical (unpaired) electrons. The van der Waals surface area contributed by atoms with E-state index in [4.69, 9.17) is 9.62 Å². The van der Waals surface area contributed by atoms with Gasteiger partial charge in [0.15, 0.2) is 0 Å². The molecule has 116 valence electrons. The summed E-state index contributed by atoms with van der Waals surface area (Å²) in [5.41, 5.74) is -0.141. The molecule has 1 N–H and O–H groups in total. The van der Waals surface area contributed by atoms with Gasteiger partial charge in [-0.3, -0.25) is 4.89 Å². The van der Waals surface area contributed by atoms with Crippen LogP contribution in [0.3, 0.4) is 0 Å². The van der Waals surface area contributed by atoms with E-state index in [0.29, 0.717) is 0 Å². The maximum atomic E-state index is 11.4. The van der Waals surface area contributed by atoms with Crippen LogP contribution in [0.15, 0.2) is 30.3 Å². The molecule has 1 rings (SSSR count). The monoisotopic (exact) mass is 296 g/mol. The zero-order chi connectivity index (χ0) is 15.9. The average Bonchev–Trinajstić information content (AvgIpc) is 2.42. The summed E-state index contributed by atoms with van der Waals surface area (Å²) in [4.78, 5) is 32.1. The number of carbonyl (C=O) groups is 2. The summed E-state index contributed by atoms with van der Waals surface area (Å²) in [6.07, 6.45) is -0.372. The first-order valence-corrected chi connectivity index (χ1v) is 6.59. The number of aliphatic hydroxyl groups is 1. The van der Waals surface area contributed by atoms with Crippen molar-refractivity contribution < 1.29 is 29.2 Å². The Labute approximate surface area is 123 Å². The summed E-state index contributed by atoms with van der Waals surface area (Å²) in [6.45, 7) is 4.82. The lowest BCUT2D eigenvalue weighted by atomic mass is 10.0. The Balaban J connectivity index is 2.36. The van der Waals surface area contributed by atoms with Crippen LogP contribution in [-0.4, -0.2) is 28.8 Å². The van der Waals surface area contributed by atoms with Gasteiger partial charge in [-0.1, -0.05) is 30.3 Å². The average molecular weight is 296 g/mol. The second-order valence-electron chi connectivity index (χ2n) is 5.33. The van der Waals surface area contributed by atoms with Crippen LogP contribution in [0.25, 0.3) is 0 Å². The minimum Gasteiger partial charge on any atom is -0.452 e. The van der Waals surface area contributed by atoms with Crippen LogP contribution in [-0.2, 0) is 30.7 Å². The molecular formula is C15H20O6. The summed E-state index contributed by atoms with van der Waals surface area (Å²) < 4.78 is 4.79. The number of rotatable bonds is 6. The van der Waals surface area contributed by atoms with Gasteiger partial charge < -0.3 is 9.84 Å². The largest absolute Gasteiger partial charge is 0.452 e. The van der Waals surface area contributed by atoms with Crippen LogP contribution in [0.1, 0.15) is 32.8 Å². The molecule has 0 heterocycles. The van der Waals surface area contributed by atoms with E-state index in [2.05, 4.69) is 4.89 Å². The Morgan fingerprint density at radius 1 is 1.19 bits per heavy atom. The van der Waals surface area contributed by atoms with Crippen molar-refractivity contribution in [3.8, 4) is 0 Å². The molecule has 0 aliphatic carbocycles. The first-order valence-electron chi connectivity index (χ1n) is 6.59. The van der Waals surface area contributed by atoms with E-state index in [-0.39, 0.29) is 13.0 Å². The van der Waals surface area contributed by atoms with E-state index in [0.717, 1.165) is 5.56 Å². The SMILES string of the molecule is CC(O)CC(C)(C)OOC(=O)C(=O)OCc1ccccc1. The van der Waals surface area contributed by atoms with Gasteiger partial charge in [-0.05, 0) is 26.3 Å². The Kier molecular flexibility index (Phi) is 6.33. The molecule has 1 aromatic carbocycles. The Bertz CT molecular complexity index is 466. The highest BCUT2D eigenvalue weighted by molar-refractivity contribution is 6.29. The standard InChI is InChI=1S/C15H20O6/c1-11(16)9-15(2,3)21-20-14(18)13(17)19-10-12-7-5-4-6-8-12/h4-8,11,16H,9-10H2,1-3H3. The maximum Gasteiger partial charge on any atom is 0.449 e. The minimum atomic E-state index is -1.23. The van der Waals surface area contributed by atoms with E-state index in [1.165, 1.54) is 0 Å². The third kappa shape index (κ3) is 6.87. The van der Waals surface area contributed by atoms with Gasteiger partial charge in [0, 0.05) is 6.42 Å². The molecule has 0 saturated heterocycles. The summed E-state index contributed by atoms with van der Waals surface area (Å²) in [7, 11) is 0. The fourth-order valence-electron chi connectivity index (χ4n) is 1.71.